The molecule has 1 amide bonds. The Bertz CT molecular complexity index is 1000. The van der Waals surface area contributed by atoms with Crippen LogP contribution in [0.15, 0.2) is 47.4 Å². The summed E-state index contributed by atoms with van der Waals surface area (Å²) in [6.07, 6.45) is 0.363. The Hall–Kier alpha value is -2.05. The molecule has 2 heterocycles. The summed E-state index contributed by atoms with van der Waals surface area (Å²) in [5.41, 5.74) is 0.681. The summed E-state index contributed by atoms with van der Waals surface area (Å²) in [7, 11) is -3.87. The van der Waals surface area contributed by atoms with Crippen LogP contribution in [0.1, 0.15) is 30.4 Å². The van der Waals surface area contributed by atoms with E-state index < -0.39 is 32.6 Å². The molecule has 0 unspecified atom stereocenters. The van der Waals surface area contributed by atoms with Crippen LogP contribution in [-0.2, 0) is 14.6 Å². The van der Waals surface area contributed by atoms with E-state index in [1.807, 2.05) is 6.92 Å². The molecule has 136 valence electrons. The van der Waals surface area contributed by atoms with E-state index >= 15 is 0 Å². The fourth-order valence-electron chi connectivity index (χ4n) is 3.81. The zero-order valence-electron chi connectivity index (χ0n) is 14.3. The Morgan fingerprint density at radius 3 is 2.58 bits per heavy atom. The van der Waals surface area contributed by atoms with Gasteiger partial charge in [-0.2, -0.15) is 0 Å². The molecule has 1 fully saturated rings. The van der Waals surface area contributed by atoms with Crippen LogP contribution in [0.4, 0.5) is 0 Å². The summed E-state index contributed by atoms with van der Waals surface area (Å²) in [5.74, 6) is -0.519. The molecule has 2 bridgehead atoms. The molecule has 2 aliphatic heterocycles. The molecule has 2 aliphatic rings. The lowest BCUT2D eigenvalue weighted by Crippen LogP contribution is -2.63. The van der Waals surface area contributed by atoms with Crippen molar-refractivity contribution in [3.05, 3.63) is 58.6 Å². The molecule has 7 heteroatoms. The molecular formula is C19H18ClNO4S. The number of ether oxygens (including phenoxy) is 1. The minimum absolute atomic E-state index is 0.141. The summed E-state index contributed by atoms with van der Waals surface area (Å²) in [6.45, 7) is 3.63. The predicted octanol–water partition coefficient (Wildman–Crippen LogP) is 3.20. The van der Waals surface area contributed by atoms with E-state index in [0.717, 1.165) is 5.56 Å². The molecule has 0 radical (unpaired) electrons. The third-order valence-electron chi connectivity index (χ3n) is 5.01. The quantitative estimate of drug-likeness (QED) is 0.853. The van der Waals surface area contributed by atoms with Crippen LogP contribution in [0.25, 0.3) is 0 Å². The molecule has 0 spiro atoms. The SMILES string of the molecule is Cc1ccc(S(=O)(=O)[C@@H]2C(=O)N[C@@]3(C)C[C@H]2c2cc(Cl)ccc2O3)cc1. The Morgan fingerprint density at radius 1 is 1.19 bits per heavy atom. The van der Waals surface area contributed by atoms with Crippen molar-refractivity contribution in [3.63, 3.8) is 0 Å². The number of aryl methyl sites for hydroxylation is 1. The fourth-order valence-corrected chi connectivity index (χ4v) is 5.81. The van der Waals surface area contributed by atoms with E-state index in [0.29, 0.717) is 22.8 Å². The molecule has 0 aliphatic carbocycles. The van der Waals surface area contributed by atoms with Gasteiger partial charge < -0.3 is 10.1 Å². The average molecular weight is 392 g/mol. The number of carbonyl (C=O) groups is 1. The maximum Gasteiger partial charge on any atom is 0.242 e. The monoisotopic (exact) mass is 391 g/mol. The van der Waals surface area contributed by atoms with E-state index in [-0.39, 0.29) is 4.90 Å². The van der Waals surface area contributed by atoms with Crippen LogP contribution in [0.5, 0.6) is 5.75 Å². The van der Waals surface area contributed by atoms with Gasteiger partial charge in [0, 0.05) is 22.9 Å². The normalized spacial score (nSPS) is 27.3. The van der Waals surface area contributed by atoms with Gasteiger partial charge in [0.2, 0.25) is 5.91 Å². The number of nitrogens with one attached hydrogen (secondary N) is 1. The number of rotatable bonds is 2. The number of carbonyl (C=O) groups excluding carboxylic acids is 1. The van der Waals surface area contributed by atoms with Gasteiger partial charge in [-0.15, -0.1) is 0 Å². The van der Waals surface area contributed by atoms with Crippen molar-refractivity contribution in [1.29, 1.82) is 0 Å². The second-order valence-corrected chi connectivity index (χ2v) is 9.60. The van der Waals surface area contributed by atoms with Crippen molar-refractivity contribution >= 4 is 27.3 Å². The minimum atomic E-state index is -3.87. The lowest BCUT2D eigenvalue weighted by atomic mass is 9.81. The molecule has 2 aromatic carbocycles. The van der Waals surface area contributed by atoms with Gasteiger partial charge in [0.1, 0.15) is 5.75 Å². The average Bonchev–Trinajstić information content (AvgIpc) is 2.55. The Balaban J connectivity index is 1.86. The number of fused-ring (bicyclic) bond motifs is 4. The van der Waals surface area contributed by atoms with Crippen molar-refractivity contribution in [3.8, 4) is 5.75 Å². The first-order valence-electron chi connectivity index (χ1n) is 8.31. The number of piperidine rings is 1. The fraction of sp³-hybridized carbons (Fsp3) is 0.316. The zero-order chi connectivity index (χ0) is 18.7. The first-order valence-corrected chi connectivity index (χ1v) is 10.2. The van der Waals surface area contributed by atoms with E-state index in [2.05, 4.69) is 5.32 Å². The number of hydrogen-bond donors (Lipinski definition) is 1. The number of amides is 1. The summed E-state index contributed by atoms with van der Waals surface area (Å²) in [5, 5.41) is 2.00. The zero-order valence-corrected chi connectivity index (χ0v) is 15.9. The van der Waals surface area contributed by atoms with Crippen molar-refractivity contribution in [2.24, 2.45) is 0 Å². The summed E-state index contributed by atoms with van der Waals surface area (Å²) >= 11 is 6.12. The van der Waals surface area contributed by atoms with Gasteiger partial charge in [0.25, 0.3) is 0 Å². The number of benzene rings is 2. The molecule has 0 saturated carbocycles. The first kappa shape index (κ1) is 17.4. The van der Waals surface area contributed by atoms with Gasteiger partial charge in [-0.3, -0.25) is 4.79 Å². The van der Waals surface area contributed by atoms with Crippen LogP contribution < -0.4 is 10.1 Å². The van der Waals surface area contributed by atoms with Crippen molar-refractivity contribution in [2.45, 2.75) is 42.1 Å². The first-order chi connectivity index (χ1) is 12.2. The van der Waals surface area contributed by atoms with Crippen molar-refractivity contribution in [1.82, 2.24) is 5.32 Å². The smallest absolute Gasteiger partial charge is 0.242 e. The molecule has 1 saturated heterocycles. The van der Waals surface area contributed by atoms with Gasteiger partial charge >= 0.3 is 0 Å². The highest BCUT2D eigenvalue weighted by molar-refractivity contribution is 7.92. The van der Waals surface area contributed by atoms with E-state index in [1.54, 1.807) is 49.4 Å². The Labute approximate surface area is 157 Å². The standard InChI is InChI=1S/C19H18ClNO4S/c1-11-3-6-13(7-4-11)26(23,24)17-15-10-19(2,21-18(17)22)25-16-8-5-12(20)9-14(15)16/h3-9,15,17H,10H2,1-2H3,(H,21,22)/t15-,17-,19+/m0/s1. The van der Waals surface area contributed by atoms with E-state index in [1.165, 1.54) is 0 Å². The summed E-state index contributed by atoms with van der Waals surface area (Å²) in [4.78, 5) is 12.9. The highest BCUT2D eigenvalue weighted by atomic mass is 35.5. The van der Waals surface area contributed by atoms with Crippen molar-refractivity contribution < 1.29 is 17.9 Å². The number of halogens is 1. The van der Waals surface area contributed by atoms with Gasteiger partial charge in [-0.1, -0.05) is 29.3 Å². The third kappa shape index (κ3) is 2.68. The molecule has 5 nitrogen and oxygen atoms in total. The minimum Gasteiger partial charge on any atom is -0.468 e. The summed E-state index contributed by atoms with van der Waals surface area (Å²) < 4.78 is 32.5. The predicted molar refractivity (Wildman–Crippen MR) is 98.1 cm³/mol. The molecule has 4 rings (SSSR count). The Kier molecular flexibility index (Phi) is 3.82. The van der Waals surface area contributed by atoms with Gasteiger partial charge in [0.05, 0.1) is 4.90 Å². The van der Waals surface area contributed by atoms with Crippen LogP contribution in [0, 0.1) is 6.92 Å². The van der Waals surface area contributed by atoms with Crippen LogP contribution >= 0.6 is 11.6 Å². The third-order valence-corrected chi connectivity index (χ3v) is 7.39. The largest absolute Gasteiger partial charge is 0.468 e. The molecule has 26 heavy (non-hydrogen) atoms. The number of hydrogen-bond acceptors (Lipinski definition) is 4. The second-order valence-electron chi connectivity index (χ2n) is 7.09. The van der Waals surface area contributed by atoms with Crippen molar-refractivity contribution in [2.75, 3.05) is 0 Å². The van der Waals surface area contributed by atoms with Crippen LogP contribution in [-0.4, -0.2) is 25.3 Å². The van der Waals surface area contributed by atoms with Gasteiger partial charge in [0.15, 0.2) is 20.8 Å². The molecular weight excluding hydrogens is 374 g/mol. The molecule has 3 atom stereocenters. The van der Waals surface area contributed by atoms with Gasteiger partial charge in [-0.25, -0.2) is 8.42 Å². The summed E-state index contributed by atoms with van der Waals surface area (Å²) in [6, 6.07) is 11.6. The molecule has 0 aromatic heterocycles. The highest BCUT2D eigenvalue weighted by Gasteiger charge is 2.54. The Morgan fingerprint density at radius 2 is 1.88 bits per heavy atom. The number of sulfone groups is 1. The molecule has 1 N–H and O–H groups in total. The lowest BCUT2D eigenvalue weighted by molar-refractivity contribution is -0.132. The van der Waals surface area contributed by atoms with E-state index in [9.17, 15) is 13.2 Å². The lowest BCUT2D eigenvalue weighted by Gasteiger charge is -2.46. The molecule has 2 aromatic rings. The maximum atomic E-state index is 13.3. The van der Waals surface area contributed by atoms with Gasteiger partial charge in [-0.05, 0) is 44.2 Å². The maximum absolute atomic E-state index is 13.3. The second kappa shape index (κ2) is 5.72. The van der Waals surface area contributed by atoms with Crippen LogP contribution in [0.3, 0.4) is 0 Å². The van der Waals surface area contributed by atoms with E-state index in [4.69, 9.17) is 16.3 Å². The topological polar surface area (TPSA) is 72.5 Å². The highest BCUT2D eigenvalue weighted by Crippen LogP contribution is 2.47. The van der Waals surface area contributed by atoms with Crippen LogP contribution in [0.2, 0.25) is 5.02 Å².